The summed E-state index contributed by atoms with van der Waals surface area (Å²) in [7, 11) is -1.87. The molecule has 3 nitrogen and oxygen atoms in total. The van der Waals surface area contributed by atoms with E-state index >= 15 is 0 Å². The average molecular weight is 461 g/mol. The van der Waals surface area contributed by atoms with Gasteiger partial charge in [-0.2, -0.15) is 0 Å². The maximum Gasteiger partial charge on any atom is 0.192 e. The first-order chi connectivity index (χ1) is 15.7. The fourth-order valence-electron chi connectivity index (χ4n) is 3.13. The highest BCUT2D eigenvalue weighted by Crippen LogP contribution is 2.39. The van der Waals surface area contributed by atoms with Crippen LogP contribution >= 0.6 is 0 Å². The van der Waals surface area contributed by atoms with Gasteiger partial charge < -0.3 is 13.9 Å². The SMILES string of the molecule is C=Cc1cc(CO[Si](C)(C)C(C)(C)C)cc(OCc2ccccc2)c1OCc1ccccc1. The third kappa shape index (κ3) is 6.83. The molecule has 0 bridgehead atoms. The lowest BCUT2D eigenvalue weighted by Crippen LogP contribution is -2.40. The van der Waals surface area contributed by atoms with Gasteiger partial charge in [0.1, 0.15) is 13.2 Å². The highest BCUT2D eigenvalue weighted by molar-refractivity contribution is 6.74. The molecule has 0 saturated heterocycles. The van der Waals surface area contributed by atoms with Gasteiger partial charge in [0, 0.05) is 5.56 Å². The minimum Gasteiger partial charge on any atom is -0.485 e. The number of benzene rings is 3. The molecule has 0 radical (unpaired) electrons. The van der Waals surface area contributed by atoms with Crippen LogP contribution in [0, 0.1) is 0 Å². The lowest BCUT2D eigenvalue weighted by atomic mass is 10.1. The first-order valence-electron chi connectivity index (χ1n) is 11.5. The summed E-state index contributed by atoms with van der Waals surface area (Å²) in [6.45, 7) is 16.8. The van der Waals surface area contributed by atoms with E-state index in [1.54, 1.807) is 0 Å². The van der Waals surface area contributed by atoms with Crippen molar-refractivity contribution in [1.29, 1.82) is 0 Å². The predicted molar refractivity (Wildman–Crippen MR) is 140 cm³/mol. The summed E-state index contributed by atoms with van der Waals surface area (Å²) in [5, 5.41) is 0.152. The first-order valence-corrected chi connectivity index (χ1v) is 14.4. The van der Waals surface area contributed by atoms with Crippen molar-refractivity contribution in [3.8, 4) is 11.5 Å². The Bertz CT molecular complexity index is 1040. The normalized spacial score (nSPS) is 11.8. The maximum absolute atomic E-state index is 6.47. The molecular formula is C29H36O3Si. The molecule has 3 aromatic carbocycles. The van der Waals surface area contributed by atoms with E-state index in [9.17, 15) is 0 Å². The lowest BCUT2D eigenvalue weighted by molar-refractivity contribution is 0.251. The van der Waals surface area contributed by atoms with Crippen molar-refractivity contribution in [1.82, 2.24) is 0 Å². The summed E-state index contributed by atoms with van der Waals surface area (Å²) in [5.74, 6) is 1.42. The second-order valence-corrected chi connectivity index (χ2v) is 14.6. The van der Waals surface area contributed by atoms with Crippen LogP contribution < -0.4 is 9.47 Å². The summed E-state index contributed by atoms with van der Waals surface area (Å²) in [4.78, 5) is 0. The molecule has 0 N–H and O–H groups in total. The zero-order valence-corrected chi connectivity index (χ0v) is 21.6. The van der Waals surface area contributed by atoms with Crippen LogP contribution in [0.5, 0.6) is 11.5 Å². The third-order valence-corrected chi connectivity index (χ3v) is 10.7. The molecule has 174 valence electrons. The van der Waals surface area contributed by atoms with E-state index in [4.69, 9.17) is 13.9 Å². The second-order valence-electron chi connectivity index (χ2n) is 9.81. The number of hydrogen-bond donors (Lipinski definition) is 0. The molecule has 0 amide bonds. The molecule has 0 fully saturated rings. The topological polar surface area (TPSA) is 27.7 Å². The van der Waals surface area contributed by atoms with Crippen LogP contribution in [-0.2, 0) is 24.2 Å². The van der Waals surface area contributed by atoms with Gasteiger partial charge in [0.05, 0.1) is 6.61 Å². The Labute approximate surface area is 200 Å². The number of hydrogen-bond acceptors (Lipinski definition) is 3. The molecule has 3 aromatic rings. The Hall–Kier alpha value is -2.82. The number of rotatable bonds is 10. The van der Waals surface area contributed by atoms with Crippen molar-refractivity contribution in [2.75, 3.05) is 0 Å². The Morgan fingerprint density at radius 2 is 1.30 bits per heavy atom. The van der Waals surface area contributed by atoms with Crippen molar-refractivity contribution in [3.63, 3.8) is 0 Å². The van der Waals surface area contributed by atoms with Crippen LogP contribution in [0.15, 0.2) is 79.4 Å². The Balaban J connectivity index is 1.88. The maximum atomic E-state index is 6.47. The van der Waals surface area contributed by atoms with E-state index in [2.05, 4.69) is 70.8 Å². The molecule has 0 unspecified atom stereocenters. The van der Waals surface area contributed by atoms with E-state index in [1.165, 1.54) is 0 Å². The summed E-state index contributed by atoms with van der Waals surface area (Å²) >= 11 is 0. The van der Waals surface area contributed by atoms with Gasteiger partial charge in [-0.25, -0.2) is 0 Å². The van der Waals surface area contributed by atoms with Gasteiger partial charge in [-0.1, -0.05) is 94.1 Å². The third-order valence-electron chi connectivity index (χ3n) is 6.23. The molecule has 0 spiro atoms. The largest absolute Gasteiger partial charge is 0.485 e. The second kappa shape index (κ2) is 10.9. The average Bonchev–Trinajstić information content (AvgIpc) is 2.80. The Kier molecular flexibility index (Phi) is 8.17. The van der Waals surface area contributed by atoms with Gasteiger partial charge >= 0.3 is 0 Å². The molecule has 0 heterocycles. The molecule has 0 aromatic heterocycles. The molecule has 0 aliphatic rings. The zero-order valence-electron chi connectivity index (χ0n) is 20.6. The van der Waals surface area contributed by atoms with E-state index in [-0.39, 0.29) is 5.04 Å². The minimum atomic E-state index is -1.87. The number of ether oxygens (including phenoxy) is 2. The van der Waals surface area contributed by atoms with Crippen molar-refractivity contribution >= 4 is 14.4 Å². The highest BCUT2D eigenvalue weighted by Gasteiger charge is 2.37. The van der Waals surface area contributed by atoms with Gasteiger partial charge in [0.15, 0.2) is 19.8 Å². The van der Waals surface area contributed by atoms with Crippen LogP contribution in [0.1, 0.15) is 43.0 Å². The monoisotopic (exact) mass is 460 g/mol. The molecule has 3 rings (SSSR count). The van der Waals surface area contributed by atoms with E-state index in [0.29, 0.717) is 31.3 Å². The van der Waals surface area contributed by atoms with Gasteiger partial charge in [0.25, 0.3) is 0 Å². The quantitative estimate of drug-likeness (QED) is 0.287. The smallest absolute Gasteiger partial charge is 0.192 e. The fraction of sp³-hybridized carbons (Fsp3) is 0.310. The van der Waals surface area contributed by atoms with Gasteiger partial charge in [-0.15, -0.1) is 0 Å². The molecular weight excluding hydrogens is 424 g/mol. The van der Waals surface area contributed by atoms with Gasteiger partial charge in [-0.05, 0) is 47.0 Å². The summed E-state index contributed by atoms with van der Waals surface area (Å²) in [6.07, 6.45) is 1.82. The van der Waals surface area contributed by atoms with Gasteiger partial charge in [0.2, 0.25) is 0 Å². The molecule has 33 heavy (non-hydrogen) atoms. The summed E-state index contributed by atoms with van der Waals surface area (Å²) in [6, 6.07) is 24.4. The van der Waals surface area contributed by atoms with E-state index in [1.807, 2.05) is 48.5 Å². The van der Waals surface area contributed by atoms with E-state index < -0.39 is 8.32 Å². The molecule has 0 saturated carbocycles. The van der Waals surface area contributed by atoms with Crippen LogP contribution in [0.25, 0.3) is 6.08 Å². The van der Waals surface area contributed by atoms with E-state index in [0.717, 1.165) is 22.3 Å². The summed E-state index contributed by atoms with van der Waals surface area (Å²) in [5.41, 5.74) is 4.18. The van der Waals surface area contributed by atoms with Gasteiger partial charge in [-0.3, -0.25) is 0 Å². The van der Waals surface area contributed by atoms with Crippen LogP contribution in [0.3, 0.4) is 0 Å². The molecule has 0 aliphatic heterocycles. The Morgan fingerprint density at radius 3 is 1.82 bits per heavy atom. The molecule has 0 atom stereocenters. The molecule has 4 heteroatoms. The zero-order chi connectivity index (χ0) is 23.9. The predicted octanol–water partition coefficient (Wildman–Crippen LogP) is 8.01. The van der Waals surface area contributed by atoms with Crippen molar-refractivity contribution in [2.24, 2.45) is 0 Å². The van der Waals surface area contributed by atoms with Crippen molar-refractivity contribution in [3.05, 3.63) is 102 Å². The van der Waals surface area contributed by atoms with Crippen LogP contribution in [0.4, 0.5) is 0 Å². The highest BCUT2D eigenvalue weighted by atomic mass is 28.4. The van der Waals surface area contributed by atoms with Crippen LogP contribution in [0.2, 0.25) is 18.1 Å². The van der Waals surface area contributed by atoms with Crippen molar-refractivity contribution < 1.29 is 13.9 Å². The first kappa shape index (κ1) is 24.8. The lowest BCUT2D eigenvalue weighted by Gasteiger charge is -2.36. The minimum absolute atomic E-state index is 0.152. The summed E-state index contributed by atoms with van der Waals surface area (Å²) < 4.78 is 19.0. The van der Waals surface area contributed by atoms with Crippen LogP contribution in [-0.4, -0.2) is 8.32 Å². The standard InChI is InChI=1S/C29H36O3Si/c1-7-26-18-25(22-32-33(5,6)29(2,3)4)19-27(30-20-23-14-10-8-11-15-23)28(26)31-21-24-16-12-9-13-17-24/h7-19H,1,20-22H2,2-6H3. The Morgan fingerprint density at radius 1 is 0.758 bits per heavy atom. The molecule has 0 aliphatic carbocycles. The van der Waals surface area contributed by atoms with Crippen molar-refractivity contribution in [2.45, 2.75) is 58.7 Å². The fourth-order valence-corrected chi connectivity index (χ4v) is 4.09.